The normalized spacial score (nSPS) is 20.5. The Morgan fingerprint density at radius 2 is 1.85 bits per heavy atom. The predicted octanol–water partition coefficient (Wildman–Crippen LogP) is 4.17. The molecule has 3 nitrogen and oxygen atoms in total. The first-order valence-electron chi connectivity index (χ1n) is 6.55. The zero-order valence-electron chi connectivity index (χ0n) is 11.6. The smallest absolute Gasteiger partial charge is 0.424 e. The standard InChI is InChI=1S/C17H16O3/c1-11(15-17(2,3)20-16(18)19-15)13-9-8-12-6-4-5-7-14(12)10-13/h4-10,15H,1H2,2-3H3. The highest BCUT2D eigenvalue weighted by Gasteiger charge is 2.45. The molecule has 3 heteroatoms. The molecule has 1 aliphatic rings. The van der Waals surface area contributed by atoms with Crippen LogP contribution < -0.4 is 0 Å². The van der Waals surface area contributed by atoms with Crippen molar-refractivity contribution in [2.24, 2.45) is 0 Å². The van der Waals surface area contributed by atoms with Gasteiger partial charge < -0.3 is 9.47 Å². The Kier molecular flexibility index (Phi) is 2.78. The lowest BCUT2D eigenvalue weighted by Crippen LogP contribution is -2.33. The van der Waals surface area contributed by atoms with Gasteiger partial charge in [0.2, 0.25) is 0 Å². The van der Waals surface area contributed by atoms with E-state index in [1.165, 1.54) is 5.39 Å². The molecule has 0 N–H and O–H groups in total. The van der Waals surface area contributed by atoms with Crippen LogP contribution >= 0.6 is 0 Å². The Morgan fingerprint density at radius 1 is 1.15 bits per heavy atom. The highest BCUT2D eigenvalue weighted by Crippen LogP contribution is 2.35. The minimum atomic E-state index is -0.695. The van der Waals surface area contributed by atoms with Gasteiger partial charge in [0.15, 0.2) is 11.7 Å². The maximum atomic E-state index is 11.3. The van der Waals surface area contributed by atoms with E-state index < -0.39 is 17.9 Å². The fourth-order valence-corrected chi connectivity index (χ4v) is 2.56. The molecule has 2 aromatic carbocycles. The molecule has 0 aliphatic carbocycles. The molecular weight excluding hydrogens is 252 g/mol. The van der Waals surface area contributed by atoms with E-state index in [4.69, 9.17) is 9.47 Å². The molecule has 1 atom stereocenters. The van der Waals surface area contributed by atoms with Crippen molar-refractivity contribution in [3.63, 3.8) is 0 Å². The number of hydrogen-bond donors (Lipinski definition) is 0. The second-order valence-corrected chi connectivity index (χ2v) is 5.54. The zero-order chi connectivity index (χ0) is 14.3. The first-order valence-corrected chi connectivity index (χ1v) is 6.55. The van der Waals surface area contributed by atoms with E-state index in [9.17, 15) is 4.79 Å². The molecule has 2 aromatic rings. The maximum absolute atomic E-state index is 11.3. The lowest BCUT2D eigenvalue weighted by Gasteiger charge is -2.23. The quantitative estimate of drug-likeness (QED) is 0.767. The van der Waals surface area contributed by atoms with Crippen LogP contribution in [0.25, 0.3) is 16.3 Å². The first-order chi connectivity index (χ1) is 9.47. The van der Waals surface area contributed by atoms with E-state index in [0.29, 0.717) is 0 Å². The van der Waals surface area contributed by atoms with Gasteiger partial charge in [-0.15, -0.1) is 0 Å². The fourth-order valence-electron chi connectivity index (χ4n) is 2.56. The molecule has 102 valence electrons. The first kappa shape index (κ1) is 12.7. The van der Waals surface area contributed by atoms with Gasteiger partial charge in [0.05, 0.1) is 0 Å². The molecule has 1 saturated heterocycles. The summed E-state index contributed by atoms with van der Waals surface area (Å²) in [5, 5.41) is 2.30. The Hall–Kier alpha value is -2.29. The summed E-state index contributed by atoms with van der Waals surface area (Å²) in [6.07, 6.45) is -1.10. The third kappa shape index (κ3) is 2.05. The SMILES string of the molecule is C=C(c1ccc2ccccc2c1)C1OC(=O)OC1(C)C. The second-order valence-electron chi connectivity index (χ2n) is 5.54. The highest BCUT2D eigenvalue weighted by atomic mass is 16.8. The average Bonchev–Trinajstić information content (AvgIpc) is 2.70. The molecular formula is C17H16O3. The third-order valence-corrected chi connectivity index (χ3v) is 3.63. The minimum absolute atomic E-state index is 0.462. The number of fused-ring (bicyclic) bond motifs is 1. The Balaban J connectivity index is 1.98. The minimum Gasteiger partial charge on any atom is -0.424 e. The van der Waals surface area contributed by atoms with Crippen LogP contribution in [0.3, 0.4) is 0 Å². The van der Waals surface area contributed by atoms with E-state index in [1.54, 1.807) is 0 Å². The molecule has 3 rings (SSSR count). The van der Waals surface area contributed by atoms with Gasteiger partial charge in [0, 0.05) is 0 Å². The molecule has 0 radical (unpaired) electrons. The Morgan fingerprint density at radius 3 is 2.50 bits per heavy atom. The molecule has 1 heterocycles. The molecule has 0 bridgehead atoms. The summed E-state index contributed by atoms with van der Waals surface area (Å²) in [7, 11) is 0. The van der Waals surface area contributed by atoms with Crippen LogP contribution in [0.4, 0.5) is 4.79 Å². The molecule has 1 aliphatic heterocycles. The topological polar surface area (TPSA) is 35.5 Å². The zero-order valence-corrected chi connectivity index (χ0v) is 11.6. The molecule has 1 unspecified atom stereocenters. The average molecular weight is 268 g/mol. The van der Waals surface area contributed by atoms with Crippen molar-refractivity contribution in [2.45, 2.75) is 25.6 Å². The van der Waals surface area contributed by atoms with Crippen LogP contribution in [0.15, 0.2) is 49.0 Å². The van der Waals surface area contributed by atoms with Crippen LogP contribution in [-0.4, -0.2) is 17.9 Å². The monoisotopic (exact) mass is 268 g/mol. The van der Waals surface area contributed by atoms with Gasteiger partial charge >= 0.3 is 6.16 Å². The lowest BCUT2D eigenvalue weighted by molar-refractivity contribution is 0.0780. The number of rotatable bonds is 2. The molecule has 0 amide bonds. The maximum Gasteiger partial charge on any atom is 0.509 e. The lowest BCUT2D eigenvalue weighted by atomic mass is 9.90. The summed E-state index contributed by atoms with van der Waals surface area (Å²) in [5.41, 5.74) is 1.02. The van der Waals surface area contributed by atoms with Crippen molar-refractivity contribution in [2.75, 3.05) is 0 Å². The summed E-state index contributed by atoms with van der Waals surface area (Å²) in [5.74, 6) is 0. The van der Waals surface area contributed by atoms with Crippen molar-refractivity contribution >= 4 is 22.5 Å². The fraction of sp³-hybridized carbons (Fsp3) is 0.235. The van der Waals surface area contributed by atoms with Gasteiger partial charge in [-0.1, -0.05) is 43.0 Å². The summed E-state index contributed by atoms with van der Waals surface area (Å²) in [4.78, 5) is 11.3. The van der Waals surface area contributed by atoms with Crippen molar-refractivity contribution < 1.29 is 14.3 Å². The number of carbonyl (C=O) groups excluding carboxylic acids is 1. The number of benzene rings is 2. The number of ether oxygens (including phenoxy) is 2. The van der Waals surface area contributed by atoms with Crippen LogP contribution in [0.2, 0.25) is 0 Å². The van der Waals surface area contributed by atoms with E-state index in [0.717, 1.165) is 16.5 Å². The van der Waals surface area contributed by atoms with E-state index in [-0.39, 0.29) is 0 Å². The molecule has 0 spiro atoms. The van der Waals surface area contributed by atoms with Crippen LogP contribution in [-0.2, 0) is 9.47 Å². The molecule has 0 saturated carbocycles. The van der Waals surface area contributed by atoms with Gasteiger partial charge in [-0.05, 0) is 41.8 Å². The van der Waals surface area contributed by atoms with Crippen LogP contribution in [0.5, 0.6) is 0 Å². The summed E-state index contributed by atoms with van der Waals surface area (Å²) >= 11 is 0. The largest absolute Gasteiger partial charge is 0.509 e. The van der Waals surface area contributed by atoms with Gasteiger partial charge in [-0.2, -0.15) is 0 Å². The summed E-state index contributed by atoms with van der Waals surface area (Å²) < 4.78 is 10.4. The van der Waals surface area contributed by atoms with Gasteiger partial charge in [-0.25, -0.2) is 4.79 Å². The summed E-state index contributed by atoms with van der Waals surface area (Å²) in [6.45, 7) is 7.74. The van der Waals surface area contributed by atoms with Gasteiger partial charge in [0.1, 0.15) is 0 Å². The highest BCUT2D eigenvalue weighted by molar-refractivity contribution is 5.87. The van der Waals surface area contributed by atoms with Crippen molar-refractivity contribution in [1.29, 1.82) is 0 Å². The second kappa shape index (κ2) is 4.37. The molecule has 20 heavy (non-hydrogen) atoms. The number of carbonyl (C=O) groups is 1. The molecule has 0 aromatic heterocycles. The Labute approximate surface area is 117 Å². The van der Waals surface area contributed by atoms with Crippen LogP contribution in [0, 0.1) is 0 Å². The third-order valence-electron chi connectivity index (χ3n) is 3.63. The summed E-state index contributed by atoms with van der Waals surface area (Å²) in [6, 6.07) is 14.2. The van der Waals surface area contributed by atoms with E-state index in [2.05, 4.69) is 24.8 Å². The van der Waals surface area contributed by atoms with Gasteiger partial charge in [0.25, 0.3) is 0 Å². The van der Waals surface area contributed by atoms with Crippen LogP contribution in [0.1, 0.15) is 19.4 Å². The van der Waals surface area contributed by atoms with Crippen molar-refractivity contribution in [3.05, 3.63) is 54.6 Å². The van der Waals surface area contributed by atoms with Crippen molar-refractivity contribution in [1.82, 2.24) is 0 Å². The van der Waals surface area contributed by atoms with E-state index >= 15 is 0 Å². The molecule has 1 fully saturated rings. The predicted molar refractivity (Wildman–Crippen MR) is 78.4 cm³/mol. The number of cyclic esters (lactones) is 2. The van der Waals surface area contributed by atoms with Gasteiger partial charge in [-0.3, -0.25) is 0 Å². The Bertz CT molecular complexity index is 700. The van der Waals surface area contributed by atoms with Crippen molar-refractivity contribution in [3.8, 4) is 0 Å². The van der Waals surface area contributed by atoms with E-state index in [1.807, 2.05) is 38.1 Å². The number of hydrogen-bond acceptors (Lipinski definition) is 3.